The van der Waals surface area contributed by atoms with Crippen molar-refractivity contribution in [3.8, 4) is 11.5 Å². The first-order valence-electron chi connectivity index (χ1n) is 12.4. The van der Waals surface area contributed by atoms with Crippen LogP contribution in [0.5, 0.6) is 11.5 Å². The van der Waals surface area contributed by atoms with Crippen molar-refractivity contribution in [2.45, 2.75) is 32.1 Å². The number of nitrogens with zero attached hydrogens (tertiary/aromatic N) is 2. The normalized spacial score (nSPS) is 15.5. The summed E-state index contributed by atoms with van der Waals surface area (Å²) in [6.45, 7) is 1.52. The minimum Gasteiger partial charge on any atom is -0.457 e. The number of halogens is 6. The molecule has 39 heavy (non-hydrogen) atoms. The third kappa shape index (κ3) is 5.31. The van der Waals surface area contributed by atoms with Gasteiger partial charge in [-0.25, -0.2) is 18.2 Å². The van der Waals surface area contributed by atoms with Gasteiger partial charge in [-0.1, -0.05) is 49.4 Å². The van der Waals surface area contributed by atoms with Gasteiger partial charge in [-0.3, -0.25) is 0 Å². The lowest BCUT2D eigenvalue weighted by atomic mass is 9.95. The quantitative estimate of drug-likeness (QED) is 0.217. The SMILES string of the molecule is CCCN1c2c(cccc2C(F)(F)F)C(c2cccc(Oc3ccccc3)c2)N1Cc1c(F)cc(F)cc1F. The number of hydrogen-bond acceptors (Lipinski definition) is 3. The molecule has 0 fully saturated rings. The van der Waals surface area contributed by atoms with Gasteiger partial charge in [0.15, 0.2) is 0 Å². The van der Waals surface area contributed by atoms with Gasteiger partial charge in [0.2, 0.25) is 0 Å². The van der Waals surface area contributed by atoms with Crippen LogP contribution in [0.4, 0.5) is 32.0 Å². The van der Waals surface area contributed by atoms with Crippen LogP contribution in [-0.2, 0) is 12.7 Å². The van der Waals surface area contributed by atoms with Crippen molar-refractivity contribution in [1.29, 1.82) is 0 Å². The molecule has 5 rings (SSSR count). The van der Waals surface area contributed by atoms with Gasteiger partial charge in [0.1, 0.15) is 29.0 Å². The summed E-state index contributed by atoms with van der Waals surface area (Å²) in [7, 11) is 0. The third-order valence-corrected chi connectivity index (χ3v) is 6.55. The van der Waals surface area contributed by atoms with E-state index in [4.69, 9.17) is 4.74 Å². The molecule has 0 aromatic heterocycles. The average molecular weight is 543 g/mol. The summed E-state index contributed by atoms with van der Waals surface area (Å²) >= 11 is 0. The van der Waals surface area contributed by atoms with Crippen LogP contribution in [0.1, 0.15) is 41.6 Å². The highest BCUT2D eigenvalue weighted by molar-refractivity contribution is 5.67. The average Bonchev–Trinajstić information content (AvgIpc) is 3.19. The Balaban J connectivity index is 1.66. The van der Waals surface area contributed by atoms with Crippen LogP contribution in [0.2, 0.25) is 0 Å². The van der Waals surface area contributed by atoms with Gasteiger partial charge >= 0.3 is 6.18 Å². The molecule has 0 radical (unpaired) electrons. The number of hydrazine groups is 1. The zero-order valence-electron chi connectivity index (χ0n) is 20.9. The number of alkyl halides is 3. The molecule has 9 heteroatoms. The predicted molar refractivity (Wildman–Crippen MR) is 136 cm³/mol. The van der Waals surface area contributed by atoms with Crippen LogP contribution in [0.3, 0.4) is 0 Å². The maximum atomic E-state index is 14.8. The second-order valence-electron chi connectivity index (χ2n) is 9.20. The molecule has 4 aromatic carbocycles. The van der Waals surface area contributed by atoms with Gasteiger partial charge in [-0.05, 0) is 42.3 Å². The smallest absolute Gasteiger partial charge is 0.418 e. The van der Waals surface area contributed by atoms with E-state index in [2.05, 4.69) is 0 Å². The van der Waals surface area contributed by atoms with Crippen molar-refractivity contribution >= 4 is 5.69 Å². The van der Waals surface area contributed by atoms with Crippen LogP contribution in [0, 0.1) is 17.5 Å². The number of benzene rings is 4. The van der Waals surface area contributed by atoms with E-state index in [1.54, 1.807) is 61.5 Å². The first-order chi connectivity index (χ1) is 18.7. The van der Waals surface area contributed by atoms with Gasteiger partial charge in [0.05, 0.1) is 23.8 Å². The second-order valence-corrected chi connectivity index (χ2v) is 9.20. The Morgan fingerprint density at radius 3 is 2.13 bits per heavy atom. The number of fused-ring (bicyclic) bond motifs is 1. The van der Waals surface area contributed by atoms with Crippen LogP contribution < -0.4 is 9.75 Å². The Bertz CT molecular complexity index is 1450. The molecule has 3 nitrogen and oxygen atoms in total. The number of ether oxygens (including phenoxy) is 1. The Morgan fingerprint density at radius 2 is 1.46 bits per heavy atom. The van der Waals surface area contributed by atoms with E-state index in [-0.39, 0.29) is 12.2 Å². The molecule has 0 saturated heterocycles. The summed E-state index contributed by atoms with van der Waals surface area (Å²) in [6.07, 6.45) is -4.21. The van der Waals surface area contributed by atoms with Crippen molar-refractivity contribution in [1.82, 2.24) is 5.01 Å². The lowest BCUT2D eigenvalue weighted by molar-refractivity contribution is -0.137. The summed E-state index contributed by atoms with van der Waals surface area (Å²) in [5, 5.41) is 2.93. The van der Waals surface area contributed by atoms with Crippen molar-refractivity contribution in [2.75, 3.05) is 11.6 Å². The van der Waals surface area contributed by atoms with Gasteiger partial charge in [-0.15, -0.1) is 0 Å². The molecule has 1 unspecified atom stereocenters. The fourth-order valence-corrected chi connectivity index (χ4v) is 4.97. The molecule has 0 bridgehead atoms. The second kappa shape index (κ2) is 10.6. The highest BCUT2D eigenvalue weighted by atomic mass is 19.4. The molecule has 0 spiro atoms. The van der Waals surface area contributed by atoms with E-state index in [0.29, 0.717) is 41.2 Å². The van der Waals surface area contributed by atoms with E-state index < -0.39 is 47.3 Å². The molecule has 1 heterocycles. The van der Waals surface area contributed by atoms with Gasteiger partial charge in [-0.2, -0.15) is 13.2 Å². The molecule has 0 aliphatic carbocycles. The molecule has 1 aliphatic heterocycles. The molecule has 0 saturated carbocycles. The van der Waals surface area contributed by atoms with Gasteiger partial charge in [0, 0.05) is 29.8 Å². The zero-order chi connectivity index (χ0) is 27.7. The lowest BCUT2D eigenvalue weighted by Gasteiger charge is -2.35. The predicted octanol–water partition coefficient (Wildman–Crippen LogP) is 8.65. The minimum absolute atomic E-state index is 0.0749. The van der Waals surface area contributed by atoms with Crippen molar-refractivity contribution < 1.29 is 31.1 Å². The summed E-state index contributed by atoms with van der Waals surface area (Å²) < 4.78 is 91.7. The minimum atomic E-state index is -4.66. The number of para-hydroxylation sites is 2. The van der Waals surface area contributed by atoms with Crippen LogP contribution in [-0.4, -0.2) is 11.6 Å². The topological polar surface area (TPSA) is 15.7 Å². The summed E-state index contributed by atoms with van der Waals surface area (Å²) in [4.78, 5) is 0. The van der Waals surface area contributed by atoms with Crippen molar-refractivity contribution in [3.05, 3.63) is 125 Å². The van der Waals surface area contributed by atoms with E-state index in [0.717, 1.165) is 6.07 Å². The molecular weight excluding hydrogens is 518 g/mol. The first kappa shape index (κ1) is 26.6. The van der Waals surface area contributed by atoms with Gasteiger partial charge < -0.3 is 9.75 Å². The molecular formula is C30H24F6N2O. The fraction of sp³-hybridized carbons (Fsp3) is 0.200. The van der Waals surface area contributed by atoms with Crippen LogP contribution >= 0.6 is 0 Å². The standard InChI is InChI=1S/C30H24F6N2O/c1-2-14-37-29-23(12-7-13-25(29)30(34,35)36)28(38(37)18-24-26(32)16-20(31)17-27(24)33)19-8-6-11-22(15-19)39-21-9-4-3-5-10-21/h3-13,15-17,28H,2,14,18H2,1H3. The highest BCUT2D eigenvalue weighted by Crippen LogP contribution is 2.50. The van der Waals surface area contributed by atoms with Crippen molar-refractivity contribution in [3.63, 3.8) is 0 Å². The third-order valence-electron chi connectivity index (χ3n) is 6.55. The first-order valence-corrected chi connectivity index (χ1v) is 12.4. The Labute approximate surface area is 221 Å². The maximum Gasteiger partial charge on any atom is 0.418 e. The monoisotopic (exact) mass is 542 g/mol. The zero-order valence-corrected chi connectivity index (χ0v) is 20.9. The molecule has 202 valence electrons. The molecule has 0 N–H and O–H groups in total. The van der Waals surface area contributed by atoms with Crippen molar-refractivity contribution in [2.24, 2.45) is 0 Å². The van der Waals surface area contributed by atoms with E-state index in [1.807, 2.05) is 6.07 Å². The largest absolute Gasteiger partial charge is 0.457 e. The van der Waals surface area contributed by atoms with Crippen LogP contribution in [0.15, 0.2) is 84.9 Å². The van der Waals surface area contributed by atoms with Gasteiger partial charge in [0.25, 0.3) is 0 Å². The Morgan fingerprint density at radius 1 is 0.795 bits per heavy atom. The van der Waals surface area contributed by atoms with E-state index >= 15 is 0 Å². The summed E-state index contributed by atoms with van der Waals surface area (Å²) in [6, 6.07) is 20.0. The van der Waals surface area contributed by atoms with E-state index in [1.165, 1.54) is 16.1 Å². The molecule has 1 aliphatic rings. The van der Waals surface area contributed by atoms with Crippen LogP contribution in [0.25, 0.3) is 0 Å². The summed E-state index contributed by atoms with van der Waals surface area (Å²) in [5.41, 5.74) is -0.476. The highest BCUT2D eigenvalue weighted by Gasteiger charge is 2.45. The fourth-order valence-electron chi connectivity index (χ4n) is 4.97. The maximum absolute atomic E-state index is 14.8. The lowest BCUT2D eigenvalue weighted by Crippen LogP contribution is -2.41. The molecule has 0 amide bonds. The number of anilines is 1. The Kier molecular flexibility index (Phi) is 7.27. The molecule has 4 aromatic rings. The Hall–Kier alpha value is -3.98. The number of hydrogen-bond donors (Lipinski definition) is 0. The summed E-state index contributed by atoms with van der Waals surface area (Å²) in [5.74, 6) is -2.29. The molecule has 1 atom stereocenters. The number of rotatable bonds is 7. The van der Waals surface area contributed by atoms with E-state index in [9.17, 15) is 26.3 Å².